The van der Waals surface area contributed by atoms with Gasteiger partial charge in [-0.15, -0.1) is 0 Å². The van der Waals surface area contributed by atoms with Crippen molar-refractivity contribution in [1.82, 2.24) is 0 Å². The van der Waals surface area contributed by atoms with Gasteiger partial charge in [-0.1, -0.05) is 29.3 Å². The van der Waals surface area contributed by atoms with Gasteiger partial charge in [-0.25, -0.2) is 0 Å². The quantitative estimate of drug-likeness (QED) is 0.762. The van der Waals surface area contributed by atoms with Crippen molar-refractivity contribution in [2.75, 3.05) is 31.7 Å². The van der Waals surface area contributed by atoms with Crippen molar-refractivity contribution in [2.45, 2.75) is 0 Å². The Bertz CT molecular complexity index is 287. The average molecular weight is 250 g/mol. The van der Waals surface area contributed by atoms with Gasteiger partial charge in [-0.05, 0) is 12.1 Å². The van der Waals surface area contributed by atoms with Crippen LogP contribution in [0.1, 0.15) is 0 Å². The van der Waals surface area contributed by atoms with Gasteiger partial charge < -0.3 is 15.2 Å². The van der Waals surface area contributed by atoms with Crippen LogP contribution in [-0.4, -0.2) is 31.5 Å². The van der Waals surface area contributed by atoms with Crippen LogP contribution < -0.4 is 5.32 Å². The standard InChI is InChI=1S/C10H13Cl2NO2/c11-8-2-1-3-9(12)10(8)13-4-6-15-7-5-14/h1-3,13-14H,4-7H2. The van der Waals surface area contributed by atoms with Gasteiger partial charge in [0.1, 0.15) is 0 Å². The van der Waals surface area contributed by atoms with Gasteiger partial charge in [-0.2, -0.15) is 0 Å². The zero-order valence-electron chi connectivity index (χ0n) is 8.17. The van der Waals surface area contributed by atoms with E-state index in [9.17, 15) is 0 Å². The van der Waals surface area contributed by atoms with Crippen LogP contribution in [0.2, 0.25) is 10.0 Å². The number of benzene rings is 1. The summed E-state index contributed by atoms with van der Waals surface area (Å²) in [6.07, 6.45) is 0. The Morgan fingerprint density at radius 3 is 2.47 bits per heavy atom. The van der Waals surface area contributed by atoms with Crippen molar-refractivity contribution in [3.8, 4) is 0 Å². The molecule has 0 saturated heterocycles. The molecular weight excluding hydrogens is 237 g/mol. The zero-order valence-corrected chi connectivity index (χ0v) is 9.68. The molecule has 2 N–H and O–H groups in total. The smallest absolute Gasteiger partial charge is 0.0719 e. The molecule has 0 saturated carbocycles. The molecule has 1 aromatic carbocycles. The van der Waals surface area contributed by atoms with Crippen molar-refractivity contribution in [3.63, 3.8) is 0 Å². The summed E-state index contributed by atoms with van der Waals surface area (Å²) in [5, 5.41) is 12.7. The number of ether oxygens (including phenoxy) is 1. The third-order valence-corrected chi connectivity index (χ3v) is 2.38. The molecule has 0 fully saturated rings. The van der Waals surface area contributed by atoms with Gasteiger partial charge in [0.25, 0.3) is 0 Å². The second-order valence-electron chi connectivity index (χ2n) is 2.86. The highest BCUT2D eigenvalue weighted by Crippen LogP contribution is 2.29. The van der Waals surface area contributed by atoms with Gasteiger partial charge in [0.05, 0.1) is 35.6 Å². The first-order valence-electron chi connectivity index (χ1n) is 4.62. The lowest BCUT2D eigenvalue weighted by Crippen LogP contribution is -2.11. The molecule has 0 amide bonds. The van der Waals surface area contributed by atoms with Gasteiger partial charge in [0.2, 0.25) is 0 Å². The van der Waals surface area contributed by atoms with E-state index in [0.717, 1.165) is 0 Å². The topological polar surface area (TPSA) is 41.5 Å². The molecule has 0 bridgehead atoms. The van der Waals surface area contributed by atoms with Crippen molar-refractivity contribution in [1.29, 1.82) is 0 Å². The summed E-state index contributed by atoms with van der Waals surface area (Å²) in [4.78, 5) is 0. The monoisotopic (exact) mass is 249 g/mol. The minimum Gasteiger partial charge on any atom is -0.394 e. The second-order valence-corrected chi connectivity index (χ2v) is 3.67. The molecule has 5 heteroatoms. The van der Waals surface area contributed by atoms with Crippen LogP contribution >= 0.6 is 23.2 Å². The molecule has 0 aromatic heterocycles. The molecular formula is C10H13Cl2NO2. The summed E-state index contributed by atoms with van der Waals surface area (Å²) in [5.41, 5.74) is 0.716. The molecule has 0 aliphatic carbocycles. The second kappa shape index (κ2) is 6.90. The van der Waals surface area contributed by atoms with E-state index in [1.807, 2.05) is 0 Å². The number of anilines is 1. The maximum absolute atomic E-state index is 8.48. The Morgan fingerprint density at radius 1 is 1.20 bits per heavy atom. The molecule has 0 atom stereocenters. The van der Waals surface area contributed by atoms with Gasteiger partial charge >= 0.3 is 0 Å². The first-order chi connectivity index (χ1) is 7.25. The number of halogens is 2. The molecule has 1 aromatic rings. The number of para-hydroxylation sites is 1. The Labute approximate surface area is 99.0 Å². The van der Waals surface area contributed by atoms with Crippen molar-refractivity contribution >= 4 is 28.9 Å². The fraction of sp³-hybridized carbons (Fsp3) is 0.400. The molecule has 15 heavy (non-hydrogen) atoms. The Kier molecular flexibility index (Phi) is 5.79. The van der Waals surface area contributed by atoms with E-state index in [1.54, 1.807) is 18.2 Å². The predicted molar refractivity (Wildman–Crippen MR) is 62.9 cm³/mol. The molecule has 0 unspecified atom stereocenters. The van der Waals surface area contributed by atoms with E-state index in [-0.39, 0.29) is 6.61 Å². The maximum Gasteiger partial charge on any atom is 0.0719 e. The number of aliphatic hydroxyl groups is 1. The van der Waals surface area contributed by atoms with E-state index >= 15 is 0 Å². The summed E-state index contributed by atoms with van der Waals surface area (Å²) in [6.45, 7) is 1.48. The summed E-state index contributed by atoms with van der Waals surface area (Å²) in [5.74, 6) is 0. The van der Waals surface area contributed by atoms with Gasteiger partial charge in [-0.3, -0.25) is 0 Å². The number of aliphatic hydroxyl groups excluding tert-OH is 1. The van der Waals surface area contributed by atoms with Crippen LogP contribution in [-0.2, 0) is 4.74 Å². The van der Waals surface area contributed by atoms with E-state index in [4.69, 9.17) is 33.0 Å². The first-order valence-corrected chi connectivity index (χ1v) is 5.38. The van der Waals surface area contributed by atoms with E-state index in [2.05, 4.69) is 5.32 Å². The van der Waals surface area contributed by atoms with Gasteiger partial charge in [0, 0.05) is 6.54 Å². The molecule has 0 aliphatic heterocycles. The highest BCUT2D eigenvalue weighted by atomic mass is 35.5. The number of rotatable bonds is 6. The fourth-order valence-corrected chi connectivity index (χ4v) is 1.61. The minimum atomic E-state index is 0.0346. The van der Waals surface area contributed by atoms with E-state index in [1.165, 1.54) is 0 Å². The molecule has 0 aliphatic rings. The molecule has 0 radical (unpaired) electrons. The Balaban J connectivity index is 2.37. The summed E-state index contributed by atoms with van der Waals surface area (Å²) >= 11 is 11.9. The number of nitrogens with one attached hydrogen (secondary N) is 1. The van der Waals surface area contributed by atoms with Crippen LogP contribution in [0.15, 0.2) is 18.2 Å². The van der Waals surface area contributed by atoms with Crippen LogP contribution in [0.3, 0.4) is 0 Å². The predicted octanol–water partition coefficient (Wildman–Crippen LogP) is 2.41. The summed E-state index contributed by atoms with van der Waals surface area (Å²) in [6, 6.07) is 5.33. The van der Waals surface area contributed by atoms with Crippen LogP contribution in [0.5, 0.6) is 0 Å². The molecule has 0 spiro atoms. The molecule has 0 heterocycles. The van der Waals surface area contributed by atoms with Crippen molar-refractivity contribution in [2.24, 2.45) is 0 Å². The third kappa shape index (κ3) is 4.26. The van der Waals surface area contributed by atoms with Crippen LogP contribution in [0.4, 0.5) is 5.69 Å². The number of hydrogen-bond donors (Lipinski definition) is 2. The van der Waals surface area contributed by atoms with Crippen LogP contribution in [0, 0.1) is 0 Å². The normalized spacial score (nSPS) is 10.3. The lowest BCUT2D eigenvalue weighted by atomic mass is 10.3. The summed E-state index contributed by atoms with van der Waals surface area (Å²) < 4.78 is 5.09. The van der Waals surface area contributed by atoms with Crippen molar-refractivity contribution < 1.29 is 9.84 Å². The minimum absolute atomic E-state index is 0.0346. The summed E-state index contributed by atoms with van der Waals surface area (Å²) in [7, 11) is 0. The highest BCUT2D eigenvalue weighted by molar-refractivity contribution is 6.39. The van der Waals surface area contributed by atoms with E-state index < -0.39 is 0 Å². The Hall–Kier alpha value is -0.480. The van der Waals surface area contributed by atoms with Crippen molar-refractivity contribution in [3.05, 3.63) is 28.2 Å². The largest absolute Gasteiger partial charge is 0.394 e. The lowest BCUT2D eigenvalue weighted by Gasteiger charge is -2.09. The fourth-order valence-electron chi connectivity index (χ4n) is 1.08. The maximum atomic E-state index is 8.48. The van der Waals surface area contributed by atoms with E-state index in [0.29, 0.717) is 35.5 Å². The number of hydrogen-bond acceptors (Lipinski definition) is 3. The Morgan fingerprint density at radius 2 is 1.87 bits per heavy atom. The SMILES string of the molecule is OCCOCCNc1c(Cl)cccc1Cl. The molecule has 84 valence electrons. The average Bonchev–Trinajstić information content (AvgIpc) is 2.21. The van der Waals surface area contributed by atoms with Crippen LogP contribution in [0.25, 0.3) is 0 Å². The highest BCUT2D eigenvalue weighted by Gasteiger charge is 2.03. The zero-order chi connectivity index (χ0) is 11.1. The first kappa shape index (κ1) is 12.6. The molecule has 3 nitrogen and oxygen atoms in total. The van der Waals surface area contributed by atoms with Gasteiger partial charge in [0.15, 0.2) is 0 Å². The molecule has 1 rings (SSSR count). The lowest BCUT2D eigenvalue weighted by molar-refractivity contribution is 0.0992. The third-order valence-electron chi connectivity index (χ3n) is 1.75.